The van der Waals surface area contributed by atoms with Gasteiger partial charge in [0.1, 0.15) is 31.0 Å². The summed E-state index contributed by atoms with van der Waals surface area (Å²) in [5, 5.41) is 39.3. The maximum Gasteiger partial charge on any atom is 0.329 e. The molecule has 0 aromatic carbocycles. The van der Waals surface area contributed by atoms with Crippen LogP contribution in [0.3, 0.4) is 0 Å². The maximum absolute atomic E-state index is 11.0. The number of ether oxygens (including phenoxy) is 2. The first-order chi connectivity index (χ1) is 8.86. The predicted octanol–water partition coefficient (Wildman–Crippen LogP) is -2.97. The Morgan fingerprint density at radius 3 is 2.42 bits per heavy atom. The summed E-state index contributed by atoms with van der Waals surface area (Å²) >= 11 is 0. The van der Waals surface area contributed by atoms with E-state index in [0.29, 0.717) is 0 Å². The van der Waals surface area contributed by atoms with E-state index in [4.69, 9.17) is 19.7 Å². The van der Waals surface area contributed by atoms with E-state index in [1.54, 1.807) is 0 Å². The third-order valence-electron chi connectivity index (χ3n) is 2.62. The Hall–Kier alpha value is -1.26. The van der Waals surface area contributed by atoms with Crippen LogP contribution in [0.4, 0.5) is 0 Å². The van der Waals surface area contributed by atoms with Crippen molar-refractivity contribution in [2.24, 2.45) is 0 Å². The molecule has 9 heteroatoms. The highest BCUT2D eigenvalue weighted by molar-refractivity contribution is 5.73. The number of hydrogen-bond donors (Lipinski definition) is 5. The number of carboxylic acid groups (broad SMARTS) is 1. The fourth-order valence-electron chi connectivity index (χ4n) is 1.77. The smallest absolute Gasteiger partial charge is 0.329 e. The fraction of sp³-hybridized carbons (Fsp3) is 0.800. The Balaban J connectivity index is 2.79. The van der Waals surface area contributed by atoms with Crippen molar-refractivity contribution >= 4 is 11.9 Å². The number of carbonyl (C=O) groups is 2. The van der Waals surface area contributed by atoms with E-state index in [1.165, 1.54) is 6.92 Å². The Morgan fingerprint density at radius 2 is 1.95 bits per heavy atom. The summed E-state index contributed by atoms with van der Waals surface area (Å²) in [4.78, 5) is 21.5. The number of hydrogen-bond acceptors (Lipinski definition) is 7. The van der Waals surface area contributed by atoms with Crippen LogP contribution in [0.2, 0.25) is 0 Å². The largest absolute Gasteiger partial charge is 0.480 e. The lowest BCUT2D eigenvalue weighted by Gasteiger charge is -2.41. The molecular weight excluding hydrogens is 262 g/mol. The molecule has 110 valence electrons. The normalized spacial score (nSPS) is 34.8. The van der Waals surface area contributed by atoms with Gasteiger partial charge in [0.2, 0.25) is 5.91 Å². The SMILES string of the molecule is CC(=O)N[C@H]1[C@H](OCC(=O)O)O[C@H](CO)[C@@H](O)[C@@H]1O. The quantitative estimate of drug-likeness (QED) is 0.358. The number of aliphatic carboxylic acids is 1. The van der Waals surface area contributed by atoms with Crippen molar-refractivity contribution in [3.63, 3.8) is 0 Å². The standard InChI is InChI=1S/C10H17NO8/c1-4(13)11-7-9(17)8(16)5(2-12)19-10(7)18-3-6(14)15/h5,7-10,12,16-17H,2-3H2,1H3,(H,11,13)(H,14,15)/t5-,7-,8-,9-,10-/m1/s1. The summed E-state index contributed by atoms with van der Waals surface area (Å²) in [6.07, 6.45) is -5.28. The van der Waals surface area contributed by atoms with Crippen LogP contribution in [0.15, 0.2) is 0 Å². The van der Waals surface area contributed by atoms with Crippen molar-refractivity contribution in [1.29, 1.82) is 0 Å². The monoisotopic (exact) mass is 279 g/mol. The molecule has 9 nitrogen and oxygen atoms in total. The number of aliphatic hydroxyl groups excluding tert-OH is 3. The van der Waals surface area contributed by atoms with Crippen LogP contribution >= 0.6 is 0 Å². The Labute approximate surface area is 108 Å². The van der Waals surface area contributed by atoms with E-state index in [1.807, 2.05) is 0 Å². The molecule has 1 aliphatic heterocycles. The molecule has 0 aromatic heterocycles. The molecule has 0 spiro atoms. The number of nitrogens with one attached hydrogen (secondary N) is 1. The van der Waals surface area contributed by atoms with Crippen LogP contribution in [0.1, 0.15) is 6.92 Å². The number of aliphatic hydroxyl groups is 3. The second-order valence-corrected chi connectivity index (χ2v) is 4.14. The van der Waals surface area contributed by atoms with E-state index < -0.39 is 55.7 Å². The lowest BCUT2D eigenvalue weighted by atomic mass is 9.97. The highest BCUT2D eigenvalue weighted by Crippen LogP contribution is 2.22. The second-order valence-electron chi connectivity index (χ2n) is 4.14. The molecule has 1 amide bonds. The summed E-state index contributed by atoms with van der Waals surface area (Å²) in [7, 11) is 0. The van der Waals surface area contributed by atoms with Gasteiger partial charge < -0.3 is 35.2 Å². The molecule has 19 heavy (non-hydrogen) atoms. The summed E-state index contributed by atoms with van der Waals surface area (Å²) in [6, 6.07) is -1.13. The van der Waals surface area contributed by atoms with Crippen molar-refractivity contribution in [1.82, 2.24) is 5.32 Å². The minimum absolute atomic E-state index is 0.508. The van der Waals surface area contributed by atoms with Crippen LogP contribution in [0, 0.1) is 0 Å². The topological polar surface area (TPSA) is 146 Å². The molecule has 1 rings (SSSR count). The van der Waals surface area contributed by atoms with Gasteiger partial charge in [-0.25, -0.2) is 4.79 Å². The van der Waals surface area contributed by atoms with Crippen LogP contribution in [-0.4, -0.2) is 76.2 Å². The second kappa shape index (κ2) is 6.78. The number of carboxylic acids is 1. The summed E-state index contributed by atoms with van der Waals surface area (Å²) in [5.41, 5.74) is 0. The van der Waals surface area contributed by atoms with E-state index in [0.717, 1.165) is 0 Å². The van der Waals surface area contributed by atoms with E-state index in [9.17, 15) is 19.8 Å². The summed E-state index contributed by atoms with van der Waals surface area (Å²) in [5.74, 6) is -1.77. The molecule has 1 fully saturated rings. The molecule has 5 N–H and O–H groups in total. The van der Waals surface area contributed by atoms with E-state index >= 15 is 0 Å². The molecule has 1 saturated heterocycles. The molecule has 0 aromatic rings. The summed E-state index contributed by atoms with van der Waals surface area (Å²) in [6.45, 7) is -0.106. The molecule has 5 atom stereocenters. The Morgan fingerprint density at radius 1 is 1.32 bits per heavy atom. The van der Waals surface area contributed by atoms with Gasteiger partial charge in [-0.05, 0) is 0 Å². The zero-order valence-electron chi connectivity index (χ0n) is 10.2. The lowest BCUT2D eigenvalue weighted by molar-refractivity contribution is -0.269. The lowest BCUT2D eigenvalue weighted by Crippen LogP contribution is -2.64. The van der Waals surface area contributed by atoms with Crippen molar-refractivity contribution in [3.8, 4) is 0 Å². The average molecular weight is 279 g/mol. The van der Waals surface area contributed by atoms with Crippen LogP contribution < -0.4 is 5.32 Å². The first-order valence-electron chi connectivity index (χ1n) is 5.59. The number of amides is 1. The van der Waals surface area contributed by atoms with Gasteiger partial charge in [-0.1, -0.05) is 0 Å². The van der Waals surface area contributed by atoms with E-state index in [-0.39, 0.29) is 0 Å². The van der Waals surface area contributed by atoms with Gasteiger partial charge >= 0.3 is 5.97 Å². The van der Waals surface area contributed by atoms with Crippen LogP contribution in [0.5, 0.6) is 0 Å². The van der Waals surface area contributed by atoms with Crippen LogP contribution in [0.25, 0.3) is 0 Å². The number of rotatable bonds is 5. The maximum atomic E-state index is 11.0. The highest BCUT2D eigenvalue weighted by Gasteiger charge is 2.45. The molecule has 0 radical (unpaired) electrons. The van der Waals surface area contributed by atoms with Gasteiger partial charge in [0, 0.05) is 6.92 Å². The fourth-order valence-corrected chi connectivity index (χ4v) is 1.77. The van der Waals surface area contributed by atoms with Crippen molar-refractivity contribution in [3.05, 3.63) is 0 Å². The highest BCUT2D eigenvalue weighted by atomic mass is 16.7. The first kappa shape index (κ1) is 15.8. The third-order valence-corrected chi connectivity index (χ3v) is 2.62. The van der Waals surface area contributed by atoms with Gasteiger partial charge in [0.15, 0.2) is 6.29 Å². The molecule has 1 heterocycles. The summed E-state index contributed by atoms with van der Waals surface area (Å²) < 4.78 is 10.0. The number of carbonyl (C=O) groups excluding carboxylic acids is 1. The minimum Gasteiger partial charge on any atom is -0.480 e. The van der Waals surface area contributed by atoms with Crippen molar-refractivity contribution in [2.75, 3.05) is 13.2 Å². The van der Waals surface area contributed by atoms with Crippen molar-refractivity contribution < 1.29 is 39.5 Å². The van der Waals surface area contributed by atoms with E-state index in [2.05, 4.69) is 5.32 Å². The van der Waals surface area contributed by atoms with Gasteiger partial charge in [-0.2, -0.15) is 0 Å². The molecule has 0 saturated carbocycles. The molecular formula is C10H17NO8. The van der Waals surface area contributed by atoms with Gasteiger partial charge in [0.25, 0.3) is 0 Å². The third kappa shape index (κ3) is 4.11. The Kier molecular flexibility index (Phi) is 5.63. The molecule has 0 unspecified atom stereocenters. The predicted molar refractivity (Wildman–Crippen MR) is 59.0 cm³/mol. The first-order valence-corrected chi connectivity index (χ1v) is 5.59. The zero-order valence-corrected chi connectivity index (χ0v) is 10.2. The van der Waals surface area contributed by atoms with Gasteiger partial charge in [-0.15, -0.1) is 0 Å². The molecule has 1 aliphatic rings. The molecule has 0 aliphatic carbocycles. The van der Waals surface area contributed by atoms with Crippen LogP contribution in [-0.2, 0) is 19.1 Å². The van der Waals surface area contributed by atoms with Crippen molar-refractivity contribution in [2.45, 2.75) is 37.6 Å². The van der Waals surface area contributed by atoms with Gasteiger partial charge in [-0.3, -0.25) is 4.79 Å². The Bertz CT molecular complexity index is 335. The molecule has 0 bridgehead atoms. The average Bonchev–Trinajstić information content (AvgIpc) is 2.33. The minimum atomic E-state index is -1.45. The zero-order chi connectivity index (χ0) is 14.6. The van der Waals surface area contributed by atoms with Gasteiger partial charge in [0.05, 0.1) is 6.61 Å².